The topological polar surface area (TPSA) is 70.5 Å². The first-order chi connectivity index (χ1) is 10.7. The van der Waals surface area contributed by atoms with Gasteiger partial charge in [0.2, 0.25) is 0 Å². The molecule has 0 spiro atoms. The number of likely N-dealkylation sites (tertiary alicyclic amines) is 1. The van der Waals surface area contributed by atoms with Gasteiger partial charge in [0.15, 0.2) is 11.5 Å². The van der Waals surface area contributed by atoms with Gasteiger partial charge in [0, 0.05) is 25.2 Å². The number of amides is 1. The quantitative estimate of drug-likeness (QED) is 0.881. The van der Waals surface area contributed by atoms with Crippen LogP contribution in [0.15, 0.2) is 35.8 Å². The highest BCUT2D eigenvalue weighted by Gasteiger charge is 2.32. The third-order valence-electron chi connectivity index (χ3n) is 3.84. The van der Waals surface area contributed by atoms with Crippen molar-refractivity contribution >= 4 is 23.0 Å². The molecule has 3 heterocycles. The zero-order valence-corrected chi connectivity index (χ0v) is 12.8. The SMILES string of the molecule is O=C(C[C@H]1CCCN1C(=O)c1ncccc1O)c1cccs1. The molecule has 1 aliphatic heterocycles. The van der Waals surface area contributed by atoms with E-state index < -0.39 is 0 Å². The van der Waals surface area contributed by atoms with Gasteiger partial charge in [0.25, 0.3) is 5.91 Å². The lowest BCUT2D eigenvalue weighted by molar-refractivity contribution is 0.0709. The first kappa shape index (κ1) is 14.7. The Bertz CT molecular complexity index is 684. The van der Waals surface area contributed by atoms with Crippen molar-refractivity contribution in [1.82, 2.24) is 9.88 Å². The molecule has 2 aromatic heterocycles. The van der Waals surface area contributed by atoms with E-state index in [4.69, 9.17) is 0 Å². The van der Waals surface area contributed by atoms with Crippen LogP contribution in [0.3, 0.4) is 0 Å². The third-order valence-corrected chi connectivity index (χ3v) is 4.75. The minimum atomic E-state index is -0.306. The maximum Gasteiger partial charge on any atom is 0.276 e. The highest BCUT2D eigenvalue weighted by Crippen LogP contribution is 2.26. The molecule has 114 valence electrons. The Hall–Kier alpha value is -2.21. The average Bonchev–Trinajstić information content (AvgIpc) is 3.18. The van der Waals surface area contributed by atoms with Gasteiger partial charge in [0.1, 0.15) is 5.75 Å². The van der Waals surface area contributed by atoms with E-state index in [1.54, 1.807) is 17.0 Å². The molecule has 22 heavy (non-hydrogen) atoms. The van der Waals surface area contributed by atoms with Gasteiger partial charge in [-0.05, 0) is 36.4 Å². The summed E-state index contributed by atoms with van der Waals surface area (Å²) in [5.41, 5.74) is 0.0537. The van der Waals surface area contributed by atoms with Gasteiger partial charge in [-0.1, -0.05) is 6.07 Å². The number of aromatic hydroxyl groups is 1. The number of carbonyl (C=O) groups excluding carboxylic acids is 2. The molecule has 1 amide bonds. The van der Waals surface area contributed by atoms with Crippen LogP contribution < -0.4 is 0 Å². The van der Waals surface area contributed by atoms with Gasteiger partial charge in [-0.15, -0.1) is 11.3 Å². The average molecular weight is 316 g/mol. The van der Waals surface area contributed by atoms with E-state index in [9.17, 15) is 14.7 Å². The molecule has 6 heteroatoms. The number of hydrogen-bond donors (Lipinski definition) is 1. The second kappa shape index (κ2) is 6.27. The predicted molar refractivity (Wildman–Crippen MR) is 83.2 cm³/mol. The second-order valence-corrected chi connectivity index (χ2v) is 6.22. The maximum atomic E-state index is 12.5. The van der Waals surface area contributed by atoms with Crippen LogP contribution in [-0.4, -0.2) is 39.3 Å². The van der Waals surface area contributed by atoms with E-state index in [1.165, 1.54) is 23.6 Å². The van der Waals surface area contributed by atoms with Gasteiger partial charge < -0.3 is 10.0 Å². The van der Waals surface area contributed by atoms with Crippen LogP contribution in [0.25, 0.3) is 0 Å². The minimum Gasteiger partial charge on any atom is -0.505 e. The van der Waals surface area contributed by atoms with E-state index in [2.05, 4.69) is 4.98 Å². The van der Waals surface area contributed by atoms with E-state index in [-0.39, 0.29) is 29.2 Å². The molecule has 2 aromatic rings. The van der Waals surface area contributed by atoms with Gasteiger partial charge in [-0.3, -0.25) is 9.59 Å². The van der Waals surface area contributed by atoms with Crippen molar-refractivity contribution in [2.75, 3.05) is 6.54 Å². The van der Waals surface area contributed by atoms with Crippen molar-refractivity contribution in [3.8, 4) is 5.75 Å². The van der Waals surface area contributed by atoms with Crippen LogP contribution in [0.2, 0.25) is 0 Å². The highest BCUT2D eigenvalue weighted by molar-refractivity contribution is 7.12. The Kier molecular flexibility index (Phi) is 4.20. The summed E-state index contributed by atoms with van der Waals surface area (Å²) in [5.74, 6) is -0.368. The largest absolute Gasteiger partial charge is 0.505 e. The summed E-state index contributed by atoms with van der Waals surface area (Å²) < 4.78 is 0. The second-order valence-electron chi connectivity index (χ2n) is 5.27. The van der Waals surface area contributed by atoms with Crippen molar-refractivity contribution in [2.45, 2.75) is 25.3 Å². The summed E-state index contributed by atoms with van der Waals surface area (Å²) in [4.78, 5) is 31.1. The van der Waals surface area contributed by atoms with Crippen LogP contribution >= 0.6 is 11.3 Å². The minimum absolute atomic E-state index is 0.0537. The van der Waals surface area contributed by atoms with E-state index in [0.29, 0.717) is 13.0 Å². The van der Waals surface area contributed by atoms with E-state index in [1.807, 2.05) is 11.4 Å². The number of thiophene rings is 1. The standard InChI is InChI=1S/C16H16N2O3S/c19-12-5-1-7-17-15(12)16(21)18-8-2-4-11(18)10-13(20)14-6-3-9-22-14/h1,3,5-7,9,11,19H,2,4,8,10H2/t11-/m1/s1. The monoisotopic (exact) mass is 316 g/mol. The summed E-state index contributed by atoms with van der Waals surface area (Å²) in [6, 6.07) is 6.55. The molecule has 1 fully saturated rings. The first-order valence-corrected chi connectivity index (χ1v) is 8.06. The van der Waals surface area contributed by atoms with Crippen molar-refractivity contribution in [1.29, 1.82) is 0 Å². The lowest BCUT2D eigenvalue weighted by Gasteiger charge is -2.24. The maximum absolute atomic E-state index is 12.5. The lowest BCUT2D eigenvalue weighted by Crippen LogP contribution is -2.37. The molecule has 0 aliphatic carbocycles. The normalized spacial score (nSPS) is 17.6. The van der Waals surface area contributed by atoms with Crippen molar-refractivity contribution in [3.05, 3.63) is 46.4 Å². The molecule has 1 aliphatic rings. The molecule has 0 radical (unpaired) electrons. The van der Waals surface area contributed by atoms with Crippen LogP contribution in [0.5, 0.6) is 5.75 Å². The molecular formula is C16H16N2O3S. The molecule has 0 bridgehead atoms. The number of carbonyl (C=O) groups is 2. The zero-order chi connectivity index (χ0) is 15.5. The fourth-order valence-corrected chi connectivity index (χ4v) is 3.44. The molecule has 3 rings (SSSR count). The fourth-order valence-electron chi connectivity index (χ4n) is 2.76. The molecule has 1 atom stereocenters. The van der Waals surface area contributed by atoms with E-state index >= 15 is 0 Å². The van der Waals surface area contributed by atoms with Crippen molar-refractivity contribution in [3.63, 3.8) is 0 Å². The molecular weight excluding hydrogens is 300 g/mol. The number of nitrogens with zero attached hydrogens (tertiary/aromatic N) is 2. The van der Waals surface area contributed by atoms with Gasteiger partial charge in [-0.2, -0.15) is 0 Å². The van der Waals surface area contributed by atoms with Gasteiger partial charge in [0.05, 0.1) is 4.88 Å². The molecule has 0 aromatic carbocycles. The summed E-state index contributed by atoms with van der Waals surface area (Å²) >= 11 is 1.42. The molecule has 5 nitrogen and oxygen atoms in total. The lowest BCUT2D eigenvalue weighted by atomic mass is 10.1. The van der Waals surface area contributed by atoms with Crippen LogP contribution in [0.1, 0.15) is 39.4 Å². The zero-order valence-electron chi connectivity index (χ0n) is 11.9. The van der Waals surface area contributed by atoms with Crippen molar-refractivity contribution < 1.29 is 14.7 Å². The number of pyridine rings is 1. The Balaban J connectivity index is 1.74. The summed E-state index contributed by atoms with van der Waals surface area (Å²) in [5, 5.41) is 11.7. The van der Waals surface area contributed by atoms with Crippen LogP contribution in [0.4, 0.5) is 0 Å². The summed E-state index contributed by atoms with van der Waals surface area (Å²) in [7, 11) is 0. The smallest absolute Gasteiger partial charge is 0.276 e. The molecule has 0 saturated carbocycles. The Morgan fingerprint density at radius 2 is 2.23 bits per heavy atom. The molecule has 0 unspecified atom stereocenters. The first-order valence-electron chi connectivity index (χ1n) is 7.18. The van der Waals surface area contributed by atoms with Gasteiger partial charge >= 0.3 is 0 Å². The van der Waals surface area contributed by atoms with Crippen molar-refractivity contribution in [2.24, 2.45) is 0 Å². The summed E-state index contributed by atoms with van der Waals surface area (Å²) in [6.07, 6.45) is 3.47. The molecule has 1 saturated heterocycles. The Labute approximate surface area is 132 Å². The van der Waals surface area contributed by atoms with Crippen LogP contribution in [-0.2, 0) is 0 Å². The molecule has 1 N–H and O–H groups in total. The van der Waals surface area contributed by atoms with E-state index in [0.717, 1.165) is 17.7 Å². The number of rotatable bonds is 4. The summed E-state index contributed by atoms with van der Waals surface area (Å²) in [6.45, 7) is 0.594. The predicted octanol–water partition coefficient (Wildman–Crippen LogP) is 2.73. The van der Waals surface area contributed by atoms with Crippen LogP contribution in [0, 0.1) is 0 Å². The third kappa shape index (κ3) is 2.87. The number of ketones is 1. The van der Waals surface area contributed by atoms with Gasteiger partial charge in [-0.25, -0.2) is 4.98 Å². The Morgan fingerprint density at radius 3 is 2.95 bits per heavy atom. The Morgan fingerprint density at radius 1 is 1.36 bits per heavy atom. The number of Topliss-reactive ketones (excluding diaryl/α,β-unsaturated/α-hetero) is 1. The highest BCUT2D eigenvalue weighted by atomic mass is 32.1. The fraction of sp³-hybridized carbons (Fsp3) is 0.312. The number of aromatic nitrogens is 1. The number of hydrogen-bond acceptors (Lipinski definition) is 5.